The van der Waals surface area contributed by atoms with Crippen LogP contribution in [0.5, 0.6) is 0 Å². The lowest BCUT2D eigenvalue weighted by atomic mass is 9.96. The Balaban J connectivity index is 1.46. The van der Waals surface area contributed by atoms with Gasteiger partial charge >= 0.3 is 0 Å². The molecule has 12 N–H and O–H groups in total. The van der Waals surface area contributed by atoms with Gasteiger partial charge in [0, 0.05) is 6.42 Å². The Kier molecular flexibility index (Phi) is 42.3. The number of amides is 1. The molecule has 83 heavy (non-hydrogen) atoms. The lowest BCUT2D eigenvalue weighted by Gasteiger charge is -2.48. The van der Waals surface area contributed by atoms with Crippen LogP contribution in [-0.4, -0.2) is 193 Å². The Morgan fingerprint density at radius 3 is 1.28 bits per heavy atom. The molecule has 0 saturated carbocycles. The molecule has 0 aromatic rings. The number of aliphatic hydroxyl groups is 11. The van der Waals surface area contributed by atoms with E-state index in [1.54, 1.807) is 0 Å². The van der Waals surface area contributed by atoms with Gasteiger partial charge in [-0.05, 0) is 51.4 Å². The molecule has 3 saturated heterocycles. The zero-order valence-corrected chi connectivity index (χ0v) is 50.7. The van der Waals surface area contributed by atoms with E-state index in [0.29, 0.717) is 12.8 Å². The summed E-state index contributed by atoms with van der Waals surface area (Å²) in [4.78, 5) is 13.3. The molecule has 3 fully saturated rings. The average molecular weight is 1190 g/mol. The number of hydrogen-bond acceptors (Lipinski definition) is 18. The molecule has 0 bridgehead atoms. The number of ether oxygens (including phenoxy) is 6. The molecule has 3 heterocycles. The van der Waals surface area contributed by atoms with Crippen molar-refractivity contribution < 1.29 is 89.4 Å². The lowest BCUT2D eigenvalue weighted by Crippen LogP contribution is -2.66. The lowest BCUT2D eigenvalue weighted by molar-refractivity contribution is -0.379. The zero-order valence-electron chi connectivity index (χ0n) is 50.7. The Morgan fingerprint density at radius 1 is 0.446 bits per heavy atom. The van der Waals surface area contributed by atoms with E-state index in [2.05, 4.69) is 67.8 Å². The first-order valence-electron chi connectivity index (χ1n) is 32.4. The summed E-state index contributed by atoms with van der Waals surface area (Å²) in [6.07, 6.45) is 26.3. The van der Waals surface area contributed by atoms with Crippen molar-refractivity contribution in [2.24, 2.45) is 0 Å². The molecule has 0 radical (unpaired) electrons. The fourth-order valence-electron chi connectivity index (χ4n) is 10.9. The Bertz CT molecular complexity index is 1700. The van der Waals surface area contributed by atoms with Crippen molar-refractivity contribution in [3.05, 3.63) is 48.6 Å². The average Bonchev–Trinajstić information content (AvgIpc) is 3.15. The van der Waals surface area contributed by atoms with Gasteiger partial charge < -0.3 is 89.9 Å². The molecular formula is C64H115NO18. The standard InChI is InChI=1S/C64H115NO18/c1-3-5-7-9-11-13-15-17-19-20-21-22-23-24-25-26-28-29-31-33-35-37-39-41-48(69)47(65-52(70)42-40-38-36-34-32-30-27-18-16-14-12-10-8-6-4-2)46-78-62-58(76)55(73)60(50(44-67)80-62)83-64-59(77)56(74)61(51(45-68)81-64)82-63-57(75)54(72)53(71)49(43-66)79-63/h6,8,12,14,18,27,32,34,47-51,53-64,66-69,71-77H,3-5,7,9-11,13,15-17,19-26,28-31,33,35-46H2,1-2H3,(H,65,70)/b8-6-,14-12-,27-18-,34-32-. The fraction of sp³-hybridized carbons (Fsp3) is 0.859. The molecule has 1 amide bonds. The Hall–Kier alpha value is -2.25. The molecule has 3 rings (SSSR count). The molecule has 0 aromatic carbocycles. The SMILES string of the molecule is CC/C=C\C/C=C\C/C=C\C/C=C\CCCCC(=O)NC(COC1OC(CO)C(OC2OC(CO)C(OC3OC(CO)C(O)C(O)C3O)C(O)C2O)C(O)C1O)C(O)CCCCCCCCCCCCCCCCCCCCCCCCC. The topological polar surface area (TPSA) is 307 Å². The normalized spacial score (nSPS) is 29.7. The van der Waals surface area contributed by atoms with Gasteiger partial charge in [-0.3, -0.25) is 4.79 Å². The molecular weight excluding hydrogens is 1070 g/mol. The first-order chi connectivity index (χ1) is 40.3. The number of carbonyl (C=O) groups excluding carboxylic acids is 1. The fourth-order valence-corrected chi connectivity index (χ4v) is 10.9. The monoisotopic (exact) mass is 1190 g/mol. The van der Waals surface area contributed by atoms with E-state index in [0.717, 1.165) is 64.2 Å². The van der Waals surface area contributed by atoms with Crippen LogP contribution in [0.3, 0.4) is 0 Å². The maximum atomic E-state index is 13.3. The summed E-state index contributed by atoms with van der Waals surface area (Å²) >= 11 is 0. The summed E-state index contributed by atoms with van der Waals surface area (Å²) < 4.78 is 34.3. The minimum atomic E-state index is -1.98. The van der Waals surface area contributed by atoms with Gasteiger partial charge in [-0.1, -0.05) is 210 Å². The van der Waals surface area contributed by atoms with E-state index in [1.807, 2.05) is 0 Å². The van der Waals surface area contributed by atoms with Gasteiger partial charge in [0.05, 0.1) is 38.6 Å². The predicted octanol–water partition coefficient (Wildman–Crippen LogP) is 7.04. The molecule has 0 aliphatic carbocycles. The van der Waals surface area contributed by atoms with Gasteiger partial charge in [0.15, 0.2) is 18.9 Å². The molecule has 0 aromatic heterocycles. The highest BCUT2D eigenvalue weighted by Gasteiger charge is 2.53. The highest BCUT2D eigenvalue weighted by molar-refractivity contribution is 5.76. The van der Waals surface area contributed by atoms with E-state index in [-0.39, 0.29) is 18.9 Å². The summed E-state index contributed by atoms with van der Waals surface area (Å²) in [5.74, 6) is -0.283. The summed E-state index contributed by atoms with van der Waals surface area (Å²) in [5, 5.41) is 120. The molecule has 3 aliphatic rings. The first kappa shape index (κ1) is 75.0. The minimum Gasteiger partial charge on any atom is -0.394 e. The maximum Gasteiger partial charge on any atom is 0.220 e. The van der Waals surface area contributed by atoms with Crippen LogP contribution >= 0.6 is 0 Å². The smallest absolute Gasteiger partial charge is 0.220 e. The molecule has 19 nitrogen and oxygen atoms in total. The largest absolute Gasteiger partial charge is 0.394 e. The number of aliphatic hydroxyl groups excluding tert-OH is 11. The molecule has 17 unspecified atom stereocenters. The van der Waals surface area contributed by atoms with Crippen molar-refractivity contribution in [1.82, 2.24) is 5.32 Å². The molecule has 19 heteroatoms. The second kappa shape index (κ2) is 46.8. The van der Waals surface area contributed by atoms with Crippen molar-refractivity contribution in [1.29, 1.82) is 0 Å². The van der Waals surface area contributed by atoms with E-state index < -0.39 is 124 Å². The summed E-state index contributed by atoms with van der Waals surface area (Å²) in [5.41, 5.74) is 0. The van der Waals surface area contributed by atoms with Crippen LogP contribution in [0, 0.1) is 0 Å². The van der Waals surface area contributed by atoms with Gasteiger partial charge in [0.2, 0.25) is 5.91 Å². The van der Waals surface area contributed by atoms with Crippen molar-refractivity contribution >= 4 is 5.91 Å². The van der Waals surface area contributed by atoms with Crippen LogP contribution < -0.4 is 5.32 Å². The Morgan fingerprint density at radius 2 is 0.831 bits per heavy atom. The summed E-state index contributed by atoms with van der Waals surface area (Å²) in [7, 11) is 0. The van der Waals surface area contributed by atoms with Crippen LogP contribution in [0.25, 0.3) is 0 Å². The van der Waals surface area contributed by atoms with Crippen molar-refractivity contribution in [3.8, 4) is 0 Å². The molecule has 3 aliphatic heterocycles. The van der Waals surface area contributed by atoms with E-state index in [4.69, 9.17) is 28.4 Å². The first-order valence-corrected chi connectivity index (χ1v) is 32.4. The number of hydrogen-bond donors (Lipinski definition) is 12. The summed E-state index contributed by atoms with van der Waals surface area (Å²) in [6, 6.07) is -0.910. The van der Waals surface area contributed by atoms with Crippen molar-refractivity contribution in [3.63, 3.8) is 0 Å². The van der Waals surface area contributed by atoms with E-state index >= 15 is 0 Å². The van der Waals surface area contributed by atoms with Crippen LogP contribution in [0.15, 0.2) is 48.6 Å². The van der Waals surface area contributed by atoms with Gasteiger partial charge in [0.1, 0.15) is 73.2 Å². The third-order valence-corrected chi connectivity index (χ3v) is 16.2. The zero-order chi connectivity index (χ0) is 60.5. The molecule has 484 valence electrons. The number of unbranched alkanes of at least 4 members (excludes halogenated alkanes) is 24. The molecule has 0 spiro atoms. The number of carbonyl (C=O) groups is 1. The van der Waals surface area contributed by atoms with Crippen molar-refractivity contribution in [2.45, 2.75) is 324 Å². The maximum absolute atomic E-state index is 13.3. The molecule has 17 atom stereocenters. The van der Waals surface area contributed by atoms with Gasteiger partial charge in [-0.25, -0.2) is 0 Å². The predicted molar refractivity (Wildman–Crippen MR) is 319 cm³/mol. The second-order valence-corrected chi connectivity index (χ2v) is 23.2. The van der Waals surface area contributed by atoms with E-state index in [9.17, 15) is 61.0 Å². The van der Waals surface area contributed by atoms with Gasteiger partial charge in [0.25, 0.3) is 0 Å². The second-order valence-electron chi connectivity index (χ2n) is 23.2. The van der Waals surface area contributed by atoms with E-state index in [1.165, 1.54) is 122 Å². The van der Waals surface area contributed by atoms with Crippen LogP contribution in [0.2, 0.25) is 0 Å². The number of nitrogens with one attached hydrogen (secondary N) is 1. The summed E-state index contributed by atoms with van der Waals surface area (Å²) in [6.45, 7) is 1.65. The van der Waals surface area contributed by atoms with Gasteiger partial charge in [-0.2, -0.15) is 0 Å². The number of allylic oxidation sites excluding steroid dienone is 8. The third-order valence-electron chi connectivity index (χ3n) is 16.2. The van der Waals surface area contributed by atoms with Crippen molar-refractivity contribution in [2.75, 3.05) is 26.4 Å². The third kappa shape index (κ3) is 30.0. The highest BCUT2D eigenvalue weighted by atomic mass is 16.8. The highest BCUT2D eigenvalue weighted by Crippen LogP contribution is 2.33. The quantitative estimate of drug-likeness (QED) is 0.0215. The van der Waals surface area contributed by atoms with Crippen LogP contribution in [0.1, 0.15) is 219 Å². The van der Waals surface area contributed by atoms with Crippen LogP contribution in [0.4, 0.5) is 0 Å². The van der Waals surface area contributed by atoms with Crippen LogP contribution in [-0.2, 0) is 33.2 Å². The number of rotatable bonds is 48. The Labute approximate surface area is 497 Å². The minimum absolute atomic E-state index is 0.213. The van der Waals surface area contributed by atoms with Gasteiger partial charge in [-0.15, -0.1) is 0 Å².